The standard InChI is InChI=1S/C11H13ClO2/c1-8(11(13)14-2)10-5-3-9(7-12)4-6-10/h3-6,8H,7H2,1-2H3/t8-/m1/s1. The molecule has 1 atom stereocenters. The van der Waals surface area contributed by atoms with Crippen molar-refractivity contribution in [1.29, 1.82) is 0 Å². The van der Waals surface area contributed by atoms with Crippen LogP contribution in [0.2, 0.25) is 0 Å². The summed E-state index contributed by atoms with van der Waals surface area (Å²) in [6.07, 6.45) is 0. The van der Waals surface area contributed by atoms with Crippen LogP contribution < -0.4 is 0 Å². The lowest BCUT2D eigenvalue weighted by Gasteiger charge is -2.09. The third kappa shape index (κ3) is 2.48. The molecular formula is C11H13ClO2. The van der Waals surface area contributed by atoms with Crippen molar-refractivity contribution in [2.24, 2.45) is 0 Å². The molecule has 0 amide bonds. The van der Waals surface area contributed by atoms with E-state index in [0.717, 1.165) is 11.1 Å². The summed E-state index contributed by atoms with van der Waals surface area (Å²) in [7, 11) is 1.39. The fourth-order valence-corrected chi connectivity index (χ4v) is 1.39. The van der Waals surface area contributed by atoms with Crippen LogP contribution in [0.5, 0.6) is 0 Å². The first kappa shape index (κ1) is 11.1. The fraction of sp³-hybridized carbons (Fsp3) is 0.364. The zero-order valence-electron chi connectivity index (χ0n) is 8.29. The molecule has 0 spiro atoms. The van der Waals surface area contributed by atoms with Crippen molar-refractivity contribution in [3.63, 3.8) is 0 Å². The minimum absolute atomic E-state index is 0.218. The molecule has 0 aliphatic heterocycles. The molecule has 0 N–H and O–H groups in total. The van der Waals surface area contributed by atoms with Crippen molar-refractivity contribution in [3.05, 3.63) is 35.4 Å². The number of carbonyl (C=O) groups is 1. The van der Waals surface area contributed by atoms with Gasteiger partial charge in [-0.2, -0.15) is 0 Å². The second kappa shape index (κ2) is 5.01. The molecule has 0 bridgehead atoms. The van der Waals surface area contributed by atoms with E-state index in [1.807, 2.05) is 31.2 Å². The number of methoxy groups -OCH3 is 1. The summed E-state index contributed by atoms with van der Waals surface area (Å²) >= 11 is 5.66. The predicted molar refractivity (Wildman–Crippen MR) is 56.4 cm³/mol. The van der Waals surface area contributed by atoms with Crippen LogP contribution in [-0.2, 0) is 15.4 Å². The van der Waals surface area contributed by atoms with E-state index >= 15 is 0 Å². The van der Waals surface area contributed by atoms with E-state index in [4.69, 9.17) is 11.6 Å². The molecule has 14 heavy (non-hydrogen) atoms. The molecule has 3 heteroatoms. The van der Waals surface area contributed by atoms with Crippen LogP contribution in [0.3, 0.4) is 0 Å². The minimum Gasteiger partial charge on any atom is -0.469 e. The maximum Gasteiger partial charge on any atom is 0.312 e. The number of benzene rings is 1. The van der Waals surface area contributed by atoms with E-state index in [2.05, 4.69) is 4.74 Å². The van der Waals surface area contributed by atoms with E-state index in [-0.39, 0.29) is 11.9 Å². The van der Waals surface area contributed by atoms with Gasteiger partial charge in [0.15, 0.2) is 0 Å². The SMILES string of the molecule is COC(=O)[C@H](C)c1ccc(CCl)cc1. The number of esters is 1. The summed E-state index contributed by atoms with van der Waals surface area (Å²) in [6, 6.07) is 7.64. The van der Waals surface area contributed by atoms with Gasteiger partial charge in [-0.05, 0) is 18.1 Å². The van der Waals surface area contributed by atoms with Crippen LogP contribution in [0.15, 0.2) is 24.3 Å². The van der Waals surface area contributed by atoms with Crippen molar-refractivity contribution in [3.8, 4) is 0 Å². The van der Waals surface area contributed by atoms with Crippen molar-refractivity contribution < 1.29 is 9.53 Å². The first-order valence-electron chi connectivity index (χ1n) is 4.41. The average Bonchev–Trinajstić information content (AvgIpc) is 2.27. The summed E-state index contributed by atoms with van der Waals surface area (Å²) in [5.41, 5.74) is 2.00. The Morgan fingerprint density at radius 3 is 2.43 bits per heavy atom. The number of halogens is 1. The molecule has 0 aromatic heterocycles. The van der Waals surface area contributed by atoms with E-state index in [9.17, 15) is 4.79 Å². The van der Waals surface area contributed by atoms with Crippen molar-refractivity contribution in [2.45, 2.75) is 18.7 Å². The zero-order chi connectivity index (χ0) is 10.6. The van der Waals surface area contributed by atoms with Gasteiger partial charge in [0, 0.05) is 5.88 Å². The number of hydrogen-bond donors (Lipinski definition) is 0. The summed E-state index contributed by atoms with van der Waals surface area (Å²) < 4.78 is 4.66. The average molecular weight is 213 g/mol. The number of carbonyl (C=O) groups excluding carboxylic acids is 1. The number of ether oxygens (including phenoxy) is 1. The van der Waals surface area contributed by atoms with Gasteiger partial charge in [0.05, 0.1) is 13.0 Å². The van der Waals surface area contributed by atoms with Crippen LogP contribution >= 0.6 is 11.6 Å². The van der Waals surface area contributed by atoms with Crippen molar-refractivity contribution in [2.75, 3.05) is 7.11 Å². The molecule has 0 radical (unpaired) electrons. The Hall–Kier alpha value is -1.02. The molecule has 0 heterocycles. The van der Waals surface area contributed by atoms with E-state index in [1.165, 1.54) is 7.11 Å². The van der Waals surface area contributed by atoms with Gasteiger partial charge in [-0.3, -0.25) is 4.79 Å². The predicted octanol–water partition coefficient (Wildman–Crippen LogP) is 2.70. The maximum atomic E-state index is 11.2. The lowest BCUT2D eigenvalue weighted by atomic mass is 10.0. The van der Waals surface area contributed by atoms with Gasteiger partial charge in [-0.15, -0.1) is 11.6 Å². The smallest absolute Gasteiger partial charge is 0.312 e. The van der Waals surface area contributed by atoms with Crippen LogP contribution in [0, 0.1) is 0 Å². The van der Waals surface area contributed by atoms with E-state index in [1.54, 1.807) is 0 Å². The minimum atomic E-state index is -0.219. The largest absolute Gasteiger partial charge is 0.469 e. The third-order valence-corrected chi connectivity index (χ3v) is 2.50. The van der Waals surface area contributed by atoms with E-state index in [0.29, 0.717) is 5.88 Å². The molecule has 0 saturated carbocycles. The summed E-state index contributed by atoms with van der Waals surface area (Å²) in [5, 5.41) is 0. The quantitative estimate of drug-likeness (QED) is 0.569. The monoisotopic (exact) mass is 212 g/mol. The van der Waals surface area contributed by atoms with Crippen LogP contribution in [0.1, 0.15) is 24.0 Å². The lowest BCUT2D eigenvalue weighted by Crippen LogP contribution is -2.10. The van der Waals surface area contributed by atoms with Gasteiger partial charge < -0.3 is 4.74 Å². The molecule has 1 aromatic rings. The maximum absolute atomic E-state index is 11.2. The number of rotatable bonds is 3. The zero-order valence-corrected chi connectivity index (χ0v) is 9.04. The van der Waals surface area contributed by atoms with Crippen LogP contribution in [0.4, 0.5) is 0 Å². The van der Waals surface area contributed by atoms with Gasteiger partial charge in [0.25, 0.3) is 0 Å². The summed E-state index contributed by atoms with van der Waals surface area (Å²) in [6.45, 7) is 1.82. The van der Waals surface area contributed by atoms with Gasteiger partial charge in [0.1, 0.15) is 0 Å². The van der Waals surface area contributed by atoms with Gasteiger partial charge in [-0.25, -0.2) is 0 Å². The summed E-state index contributed by atoms with van der Waals surface area (Å²) in [5.74, 6) is 0.0559. The highest BCUT2D eigenvalue weighted by atomic mass is 35.5. The van der Waals surface area contributed by atoms with Crippen molar-refractivity contribution in [1.82, 2.24) is 0 Å². The Kier molecular flexibility index (Phi) is 3.96. The third-order valence-electron chi connectivity index (χ3n) is 2.19. The first-order chi connectivity index (χ1) is 6.69. The highest BCUT2D eigenvalue weighted by Gasteiger charge is 2.14. The Morgan fingerprint density at radius 2 is 2.00 bits per heavy atom. The summed E-state index contributed by atoms with van der Waals surface area (Å²) in [4.78, 5) is 11.2. The lowest BCUT2D eigenvalue weighted by molar-refractivity contribution is -0.141. The van der Waals surface area contributed by atoms with Crippen LogP contribution in [-0.4, -0.2) is 13.1 Å². The molecule has 1 aromatic carbocycles. The molecule has 0 saturated heterocycles. The highest BCUT2D eigenvalue weighted by molar-refractivity contribution is 6.17. The van der Waals surface area contributed by atoms with Gasteiger partial charge in [0.2, 0.25) is 0 Å². The molecule has 0 aliphatic carbocycles. The molecule has 2 nitrogen and oxygen atoms in total. The Balaban J connectivity index is 2.81. The molecular weight excluding hydrogens is 200 g/mol. The molecule has 76 valence electrons. The number of alkyl halides is 1. The molecule has 1 rings (SSSR count). The molecule has 0 unspecified atom stereocenters. The molecule has 0 aliphatic rings. The van der Waals surface area contributed by atoms with Gasteiger partial charge in [-0.1, -0.05) is 24.3 Å². The van der Waals surface area contributed by atoms with Gasteiger partial charge >= 0.3 is 5.97 Å². The first-order valence-corrected chi connectivity index (χ1v) is 4.95. The topological polar surface area (TPSA) is 26.3 Å². The fourth-order valence-electron chi connectivity index (χ4n) is 1.21. The molecule has 0 fully saturated rings. The van der Waals surface area contributed by atoms with E-state index < -0.39 is 0 Å². The van der Waals surface area contributed by atoms with Crippen LogP contribution in [0.25, 0.3) is 0 Å². The second-order valence-corrected chi connectivity index (χ2v) is 3.39. The highest BCUT2D eigenvalue weighted by Crippen LogP contribution is 2.17. The number of hydrogen-bond acceptors (Lipinski definition) is 2. The Bertz CT molecular complexity index is 306. The Labute approximate surface area is 88.8 Å². The normalized spacial score (nSPS) is 12.2. The Morgan fingerprint density at radius 1 is 1.43 bits per heavy atom. The van der Waals surface area contributed by atoms with Crippen molar-refractivity contribution >= 4 is 17.6 Å². The second-order valence-electron chi connectivity index (χ2n) is 3.12.